The number of fused-ring (bicyclic) bond motifs is 7. The number of aliphatic carboxylic acids is 1. The van der Waals surface area contributed by atoms with Crippen molar-refractivity contribution in [2.45, 2.75) is 176 Å². The van der Waals surface area contributed by atoms with E-state index in [-0.39, 0.29) is 57.8 Å². The lowest BCUT2D eigenvalue weighted by Gasteiger charge is -2.72. The third-order valence-corrected chi connectivity index (χ3v) is 17.8. The van der Waals surface area contributed by atoms with Crippen LogP contribution in [0.15, 0.2) is 36.4 Å². The summed E-state index contributed by atoms with van der Waals surface area (Å²) in [7, 11) is 0. The molecule has 5 aliphatic carbocycles. The fraction of sp³-hybridized carbons (Fsp3) is 0.776. The van der Waals surface area contributed by atoms with Crippen LogP contribution >= 0.6 is 0 Å². The molecule has 5 saturated carbocycles. The van der Waals surface area contributed by atoms with E-state index in [1.165, 1.54) is 24.8 Å². The summed E-state index contributed by atoms with van der Waals surface area (Å²) in [6.07, 6.45) is 18.5. The molecule has 1 aromatic rings. The number of imide groups is 1. The number of carboxylic acid groups (broad SMARTS) is 1. The second kappa shape index (κ2) is 16.6. The predicted molar refractivity (Wildman–Crippen MR) is 226 cm³/mol. The van der Waals surface area contributed by atoms with Gasteiger partial charge in [-0.2, -0.15) is 0 Å². The maximum Gasteiger partial charge on any atom is 0.307 e. The Balaban J connectivity index is 1.29. The first-order chi connectivity index (χ1) is 26.5. The molecule has 7 heteroatoms. The van der Waals surface area contributed by atoms with Gasteiger partial charge in [-0.3, -0.25) is 19.3 Å². The minimum absolute atomic E-state index is 0.0323. The van der Waals surface area contributed by atoms with Crippen LogP contribution in [-0.4, -0.2) is 40.6 Å². The van der Waals surface area contributed by atoms with Crippen molar-refractivity contribution < 1.29 is 24.6 Å². The van der Waals surface area contributed by atoms with Crippen LogP contribution in [0.1, 0.15) is 169 Å². The van der Waals surface area contributed by atoms with E-state index < -0.39 is 11.4 Å². The molecule has 5 fully saturated rings. The SMILES string of the molecule is C=C(C)[C@@H]1CC[C@]2(C(=O)N(C(=O)CCCCCCCCCCN)c3ccc(CC(=O)O)cc3)CC[C@]3(C)[C@H](CCC4[C@@]5(C)CC[C@H](O)C(C)(C)[C@@H]5CC[C@]43C)[C@@H]12. The summed E-state index contributed by atoms with van der Waals surface area (Å²) in [4.78, 5) is 43.2. The first-order valence-corrected chi connectivity index (χ1v) is 22.7. The number of allylic oxidation sites excluding steroid dienone is 1. The van der Waals surface area contributed by atoms with Crippen molar-refractivity contribution in [1.82, 2.24) is 0 Å². The molecule has 0 spiro atoms. The Morgan fingerprint density at radius 2 is 1.41 bits per heavy atom. The number of aliphatic hydroxyl groups excluding tert-OH is 1. The monoisotopic (exact) mass is 773 g/mol. The number of anilines is 1. The Morgan fingerprint density at radius 3 is 2.04 bits per heavy atom. The summed E-state index contributed by atoms with van der Waals surface area (Å²) in [5.41, 5.74) is 7.65. The molecule has 312 valence electrons. The van der Waals surface area contributed by atoms with E-state index in [9.17, 15) is 19.8 Å². The molecule has 1 unspecified atom stereocenters. The van der Waals surface area contributed by atoms with Crippen LogP contribution in [-0.2, 0) is 20.8 Å². The molecule has 6 rings (SSSR count). The maximum absolute atomic E-state index is 15.7. The molecule has 2 amide bonds. The molecule has 7 nitrogen and oxygen atoms in total. The molecule has 0 aromatic heterocycles. The molecular weight excluding hydrogens is 697 g/mol. The highest BCUT2D eigenvalue weighted by molar-refractivity contribution is 6.17. The van der Waals surface area contributed by atoms with Crippen molar-refractivity contribution in [2.75, 3.05) is 11.4 Å². The second-order valence-electron chi connectivity index (χ2n) is 20.9. The molecule has 4 N–H and O–H groups in total. The van der Waals surface area contributed by atoms with Crippen LogP contribution in [0.2, 0.25) is 0 Å². The number of carboxylic acids is 1. The number of aliphatic hydroxyl groups is 1. The van der Waals surface area contributed by atoms with Gasteiger partial charge in [0.15, 0.2) is 0 Å². The van der Waals surface area contributed by atoms with E-state index in [1.807, 2.05) is 0 Å². The highest BCUT2D eigenvalue weighted by Gasteiger charge is 2.72. The van der Waals surface area contributed by atoms with Gasteiger partial charge in [0.05, 0.1) is 23.6 Å². The number of unbranched alkanes of at least 4 members (excludes halogenated alkanes) is 7. The Kier molecular flexibility index (Phi) is 12.8. The first kappa shape index (κ1) is 43.1. The van der Waals surface area contributed by atoms with Gasteiger partial charge in [0.25, 0.3) is 0 Å². The van der Waals surface area contributed by atoms with Crippen molar-refractivity contribution >= 4 is 23.5 Å². The van der Waals surface area contributed by atoms with Crippen molar-refractivity contribution in [3.05, 3.63) is 42.0 Å². The molecule has 5 aliphatic rings. The minimum atomic E-state index is -0.902. The van der Waals surface area contributed by atoms with Gasteiger partial charge >= 0.3 is 5.97 Å². The summed E-state index contributed by atoms with van der Waals surface area (Å²) in [5.74, 6) is 0.720. The summed E-state index contributed by atoms with van der Waals surface area (Å²) in [6.45, 7) is 19.8. The molecule has 10 atom stereocenters. The van der Waals surface area contributed by atoms with E-state index in [1.54, 1.807) is 29.2 Å². The Hall–Kier alpha value is -2.51. The summed E-state index contributed by atoms with van der Waals surface area (Å²) in [5, 5.41) is 20.6. The van der Waals surface area contributed by atoms with E-state index in [0.29, 0.717) is 35.4 Å². The van der Waals surface area contributed by atoms with Crippen LogP contribution in [0.25, 0.3) is 0 Å². The molecule has 56 heavy (non-hydrogen) atoms. The zero-order chi connectivity index (χ0) is 40.7. The lowest BCUT2D eigenvalue weighted by atomic mass is 9.32. The largest absolute Gasteiger partial charge is 0.481 e. The van der Waals surface area contributed by atoms with Gasteiger partial charge < -0.3 is 15.9 Å². The van der Waals surface area contributed by atoms with Crippen molar-refractivity contribution in [1.29, 1.82) is 0 Å². The number of hydrogen-bond donors (Lipinski definition) is 3. The van der Waals surface area contributed by atoms with Crippen molar-refractivity contribution in [3.63, 3.8) is 0 Å². The number of carbonyl (C=O) groups is 3. The zero-order valence-electron chi connectivity index (χ0n) is 36.0. The van der Waals surface area contributed by atoms with E-state index in [4.69, 9.17) is 5.73 Å². The van der Waals surface area contributed by atoms with Gasteiger partial charge in [-0.1, -0.05) is 97.4 Å². The summed E-state index contributed by atoms with van der Waals surface area (Å²) >= 11 is 0. The highest BCUT2D eigenvalue weighted by Crippen LogP contribution is 2.77. The molecule has 0 bridgehead atoms. The van der Waals surface area contributed by atoms with Gasteiger partial charge in [-0.15, -0.1) is 0 Å². The quantitative estimate of drug-likeness (QED) is 0.121. The fourth-order valence-electron chi connectivity index (χ4n) is 14.6. The fourth-order valence-corrected chi connectivity index (χ4v) is 14.6. The standard InChI is InChI=1S/C49H76N2O5/c1-33(2)36-23-28-49(44(56)51(35-19-17-34(18-20-35)32-42(54)55)41(53)16-14-12-10-8-9-11-13-15-31-50)30-29-47(6)37(43(36)49)21-22-39-46(5)26-25-40(52)45(3,4)38(46)24-27-48(39,47)7/h17-20,36-40,43,52H,1,8-16,21-32,50H2,2-7H3,(H,54,55)/t36-,37+,38-,39?,40-,43+,46-,47+,48+,49-/m0/s1. The van der Waals surface area contributed by atoms with Gasteiger partial charge in [-0.05, 0) is 159 Å². The Labute approximate surface area is 339 Å². The molecular formula is C49H76N2O5. The van der Waals surface area contributed by atoms with Crippen molar-refractivity contribution in [3.8, 4) is 0 Å². The van der Waals surface area contributed by atoms with Gasteiger partial charge in [-0.25, -0.2) is 0 Å². The third-order valence-electron chi connectivity index (χ3n) is 17.8. The van der Waals surface area contributed by atoms with Crippen molar-refractivity contribution in [2.24, 2.45) is 62.4 Å². The number of hydrogen-bond acceptors (Lipinski definition) is 5. The number of benzene rings is 1. The average molecular weight is 773 g/mol. The highest BCUT2D eigenvalue weighted by atomic mass is 16.4. The number of carbonyl (C=O) groups excluding carboxylic acids is 2. The smallest absolute Gasteiger partial charge is 0.307 e. The van der Waals surface area contributed by atoms with Gasteiger partial charge in [0.1, 0.15) is 0 Å². The lowest BCUT2D eigenvalue weighted by molar-refractivity contribution is -0.246. The van der Waals surface area contributed by atoms with Crippen LogP contribution < -0.4 is 10.6 Å². The predicted octanol–water partition coefficient (Wildman–Crippen LogP) is 10.7. The van der Waals surface area contributed by atoms with E-state index in [0.717, 1.165) is 103 Å². The molecule has 0 saturated heterocycles. The maximum atomic E-state index is 15.7. The van der Waals surface area contributed by atoms with Gasteiger partial charge in [0.2, 0.25) is 11.8 Å². The number of amides is 2. The average Bonchev–Trinajstić information content (AvgIpc) is 3.55. The normalized spacial score (nSPS) is 37.1. The third kappa shape index (κ3) is 7.37. The summed E-state index contributed by atoms with van der Waals surface area (Å²) in [6, 6.07) is 7.13. The van der Waals surface area contributed by atoms with Crippen LogP contribution in [0.5, 0.6) is 0 Å². The molecule has 0 aliphatic heterocycles. The topological polar surface area (TPSA) is 121 Å². The lowest BCUT2D eigenvalue weighted by Crippen LogP contribution is -2.67. The Morgan fingerprint density at radius 1 is 0.768 bits per heavy atom. The number of nitrogens with zero attached hydrogens (tertiary/aromatic N) is 1. The number of nitrogens with two attached hydrogens (primary N) is 1. The summed E-state index contributed by atoms with van der Waals surface area (Å²) < 4.78 is 0. The van der Waals surface area contributed by atoms with Crippen LogP contribution in [0.4, 0.5) is 5.69 Å². The Bertz CT molecular complexity index is 1600. The van der Waals surface area contributed by atoms with Gasteiger partial charge in [0, 0.05) is 6.42 Å². The second-order valence-corrected chi connectivity index (χ2v) is 20.9. The van der Waals surface area contributed by atoms with E-state index in [2.05, 4.69) is 48.1 Å². The van der Waals surface area contributed by atoms with E-state index >= 15 is 4.79 Å². The molecule has 1 aromatic carbocycles. The van der Waals surface area contributed by atoms with Crippen LogP contribution in [0, 0.1) is 56.7 Å². The molecule has 0 radical (unpaired) electrons. The molecule has 0 heterocycles. The minimum Gasteiger partial charge on any atom is -0.481 e. The number of rotatable bonds is 15. The van der Waals surface area contributed by atoms with Crippen LogP contribution in [0.3, 0.4) is 0 Å². The first-order valence-electron chi connectivity index (χ1n) is 22.7. The zero-order valence-corrected chi connectivity index (χ0v) is 36.0.